The van der Waals surface area contributed by atoms with Gasteiger partial charge in [-0.1, -0.05) is 36.4 Å². The van der Waals surface area contributed by atoms with Gasteiger partial charge in [-0.2, -0.15) is 0 Å². The molecule has 2 fully saturated rings. The lowest BCUT2D eigenvalue weighted by molar-refractivity contribution is 0.0787. The number of thiophene rings is 1. The molecule has 2 saturated heterocycles. The zero-order chi connectivity index (χ0) is 21.9. The average Bonchev–Trinajstić information content (AvgIpc) is 3.50. The van der Waals surface area contributed by atoms with Crippen molar-refractivity contribution in [2.75, 3.05) is 50.7 Å². The van der Waals surface area contributed by atoms with Crippen LogP contribution in [0.4, 0.5) is 10.1 Å². The van der Waals surface area contributed by atoms with Crippen molar-refractivity contribution in [1.29, 1.82) is 0 Å². The average molecular weight is 450 g/mol. The summed E-state index contributed by atoms with van der Waals surface area (Å²) in [5.74, 6) is 0.337. The van der Waals surface area contributed by atoms with Crippen LogP contribution in [0.3, 0.4) is 0 Å². The van der Waals surface area contributed by atoms with Gasteiger partial charge in [-0.3, -0.25) is 9.69 Å². The number of piperazine rings is 1. The smallest absolute Gasteiger partial charge is 0.263 e. The minimum Gasteiger partial charge on any atom is -0.369 e. The van der Waals surface area contributed by atoms with E-state index in [-0.39, 0.29) is 17.6 Å². The van der Waals surface area contributed by atoms with E-state index in [0.29, 0.717) is 12.5 Å². The summed E-state index contributed by atoms with van der Waals surface area (Å²) in [5, 5.41) is 1.94. The van der Waals surface area contributed by atoms with Gasteiger partial charge < -0.3 is 9.80 Å². The third kappa shape index (κ3) is 4.57. The Morgan fingerprint density at radius 2 is 1.75 bits per heavy atom. The number of hydrogen-bond acceptors (Lipinski definition) is 4. The summed E-state index contributed by atoms with van der Waals surface area (Å²) < 4.78 is 14.0. The maximum Gasteiger partial charge on any atom is 0.263 e. The maximum absolute atomic E-state index is 14.0. The number of halogens is 1. The number of nitrogens with zero attached hydrogens (tertiary/aromatic N) is 3. The summed E-state index contributed by atoms with van der Waals surface area (Å²) in [5.41, 5.74) is 2.28. The third-order valence-corrected chi connectivity index (χ3v) is 7.58. The van der Waals surface area contributed by atoms with Crippen molar-refractivity contribution in [2.45, 2.75) is 5.92 Å². The van der Waals surface area contributed by atoms with Crippen molar-refractivity contribution in [3.05, 3.63) is 88.4 Å². The topological polar surface area (TPSA) is 26.8 Å². The summed E-state index contributed by atoms with van der Waals surface area (Å²) >= 11 is 1.49. The van der Waals surface area contributed by atoms with Crippen LogP contribution in [-0.4, -0.2) is 61.5 Å². The van der Waals surface area contributed by atoms with Crippen LogP contribution < -0.4 is 4.90 Å². The Balaban J connectivity index is 1.28. The molecule has 1 aromatic heterocycles. The minimum atomic E-state index is -0.208. The Labute approximate surface area is 192 Å². The molecule has 0 bridgehead atoms. The first-order valence-electron chi connectivity index (χ1n) is 11.3. The molecule has 3 heterocycles. The molecule has 166 valence electrons. The molecule has 2 aliphatic rings. The van der Waals surface area contributed by atoms with Crippen LogP contribution >= 0.6 is 11.3 Å². The number of hydrogen-bond donors (Lipinski definition) is 0. The number of benzene rings is 2. The van der Waals surface area contributed by atoms with Gasteiger partial charge in [-0.05, 0) is 47.2 Å². The van der Waals surface area contributed by atoms with Gasteiger partial charge in [0.25, 0.3) is 5.91 Å². The number of carbonyl (C=O) groups is 1. The Morgan fingerprint density at radius 3 is 2.47 bits per heavy atom. The van der Waals surface area contributed by atoms with Crippen LogP contribution in [0.2, 0.25) is 0 Å². The molecule has 2 aromatic carbocycles. The minimum absolute atomic E-state index is 0.0952. The molecule has 0 saturated carbocycles. The summed E-state index contributed by atoms with van der Waals surface area (Å²) in [6.07, 6.45) is 0. The van der Waals surface area contributed by atoms with Crippen LogP contribution in [0.25, 0.3) is 0 Å². The van der Waals surface area contributed by atoms with Gasteiger partial charge in [-0.25, -0.2) is 4.39 Å². The lowest BCUT2D eigenvalue weighted by atomic mass is 9.88. The van der Waals surface area contributed by atoms with Gasteiger partial charge in [-0.15, -0.1) is 11.3 Å². The Bertz CT molecular complexity index is 1030. The fourth-order valence-electron chi connectivity index (χ4n) is 5.05. The van der Waals surface area contributed by atoms with E-state index in [4.69, 9.17) is 0 Å². The van der Waals surface area contributed by atoms with Crippen LogP contribution in [-0.2, 0) is 0 Å². The van der Waals surface area contributed by atoms with Crippen LogP contribution in [0.15, 0.2) is 72.1 Å². The van der Waals surface area contributed by atoms with Gasteiger partial charge >= 0.3 is 0 Å². The molecule has 2 aliphatic heterocycles. The third-order valence-electron chi connectivity index (χ3n) is 6.72. The molecule has 32 heavy (non-hydrogen) atoms. The summed E-state index contributed by atoms with van der Waals surface area (Å²) in [4.78, 5) is 20.7. The highest BCUT2D eigenvalue weighted by atomic mass is 32.1. The highest BCUT2D eigenvalue weighted by Crippen LogP contribution is 2.35. The number of likely N-dealkylation sites (tertiary alicyclic amines) is 1. The molecule has 2 atom stereocenters. The fraction of sp³-hybridized carbons (Fsp3) is 0.346. The molecular formula is C26H28FN3OS. The molecule has 5 rings (SSSR count). The fourth-order valence-corrected chi connectivity index (χ4v) is 5.74. The van der Waals surface area contributed by atoms with E-state index in [0.717, 1.165) is 49.7 Å². The highest BCUT2D eigenvalue weighted by molar-refractivity contribution is 7.12. The van der Waals surface area contributed by atoms with Gasteiger partial charge in [0.1, 0.15) is 5.82 Å². The van der Waals surface area contributed by atoms with E-state index in [9.17, 15) is 9.18 Å². The molecular weight excluding hydrogens is 421 g/mol. The second-order valence-electron chi connectivity index (χ2n) is 8.73. The van der Waals surface area contributed by atoms with E-state index in [1.807, 2.05) is 28.5 Å². The molecule has 0 unspecified atom stereocenters. The summed E-state index contributed by atoms with van der Waals surface area (Å²) in [6, 6.07) is 21.3. The highest BCUT2D eigenvalue weighted by Gasteiger charge is 2.38. The van der Waals surface area contributed by atoms with E-state index in [1.54, 1.807) is 12.1 Å². The first-order chi connectivity index (χ1) is 15.7. The summed E-state index contributed by atoms with van der Waals surface area (Å²) in [6.45, 7) is 6.29. The zero-order valence-electron chi connectivity index (χ0n) is 18.1. The second kappa shape index (κ2) is 9.43. The second-order valence-corrected chi connectivity index (χ2v) is 9.68. The molecule has 0 N–H and O–H groups in total. The van der Waals surface area contributed by atoms with Crippen molar-refractivity contribution in [3.8, 4) is 0 Å². The van der Waals surface area contributed by atoms with Gasteiger partial charge in [0.05, 0.1) is 4.88 Å². The standard InChI is InChI=1S/C26H28FN3OS/c27-22-7-4-6-20(16-22)24-19-30(26(31)25-10-5-15-32-25)18-21(24)17-28-11-13-29(14-12-28)23-8-2-1-3-9-23/h1-10,15-16,21,24H,11-14,17-19H2/t21-,24-/m1/s1. The molecule has 0 radical (unpaired) electrons. The molecule has 0 aliphatic carbocycles. The quantitative estimate of drug-likeness (QED) is 0.571. The number of anilines is 1. The summed E-state index contributed by atoms with van der Waals surface area (Å²) in [7, 11) is 0. The van der Waals surface area contributed by atoms with E-state index in [2.05, 4.69) is 40.1 Å². The maximum atomic E-state index is 14.0. The van der Waals surface area contributed by atoms with Crippen LogP contribution in [0.1, 0.15) is 21.2 Å². The largest absolute Gasteiger partial charge is 0.369 e. The number of para-hydroxylation sites is 1. The van der Waals surface area contributed by atoms with E-state index in [1.165, 1.54) is 23.1 Å². The Hall–Kier alpha value is -2.70. The molecule has 1 amide bonds. The van der Waals surface area contributed by atoms with Crippen LogP contribution in [0.5, 0.6) is 0 Å². The molecule has 4 nitrogen and oxygen atoms in total. The van der Waals surface area contributed by atoms with E-state index >= 15 is 0 Å². The van der Waals surface area contributed by atoms with Crippen molar-refractivity contribution >= 4 is 22.9 Å². The number of rotatable bonds is 5. The predicted octanol–water partition coefficient (Wildman–Crippen LogP) is 4.57. The predicted molar refractivity (Wildman–Crippen MR) is 128 cm³/mol. The number of amides is 1. The zero-order valence-corrected chi connectivity index (χ0v) is 18.9. The lowest BCUT2D eigenvalue weighted by Gasteiger charge is -2.37. The van der Waals surface area contributed by atoms with Crippen molar-refractivity contribution < 1.29 is 9.18 Å². The molecule has 3 aromatic rings. The van der Waals surface area contributed by atoms with Crippen molar-refractivity contribution in [3.63, 3.8) is 0 Å². The SMILES string of the molecule is O=C(c1cccs1)N1C[C@@H](CN2CCN(c3ccccc3)CC2)[C@@H](c2cccc(F)c2)C1. The monoisotopic (exact) mass is 449 g/mol. The van der Waals surface area contributed by atoms with Gasteiger partial charge in [0.15, 0.2) is 0 Å². The molecule has 6 heteroatoms. The Kier molecular flexibility index (Phi) is 6.23. The van der Waals surface area contributed by atoms with Crippen molar-refractivity contribution in [1.82, 2.24) is 9.80 Å². The van der Waals surface area contributed by atoms with Gasteiger partial charge in [0, 0.05) is 57.4 Å². The van der Waals surface area contributed by atoms with E-state index < -0.39 is 0 Å². The first-order valence-corrected chi connectivity index (χ1v) is 12.2. The Morgan fingerprint density at radius 1 is 0.938 bits per heavy atom. The van der Waals surface area contributed by atoms with Crippen molar-refractivity contribution in [2.24, 2.45) is 5.92 Å². The normalized spacial score (nSPS) is 21.8. The first kappa shape index (κ1) is 21.2. The molecule has 0 spiro atoms. The van der Waals surface area contributed by atoms with Gasteiger partial charge in [0.2, 0.25) is 0 Å². The lowest BCUT2D eigenvalue weighted by Crippen LogP contribution is -2.48. The number of carbonyl (C=O) groups excluding carboxylic acids is 1. The van der Waals surface area contributed by atoms with Crippen LogP contribution in [0, 0.1) is 11.7 Å².